The van der Waals surface area contributed by atoms with Crippen LogP contribution in [0, 0.1) is 17.3 Å². The van der Waals surface area contributed by atoms with Crippen molar-refractivity contribution >= 4 is 11.8 Å². The molecule has 5 aliphatic rings. The second-order valence-corrected chi connectivity index (χ2v) is 9.67. The first-order chi connectivity index (χ1) is 13.4. The maximum Gasteiger partial charge on any atom is 0.242 e. The topological polar surface area (TPSA) is 106 Å². The lowest BCUT2D eigenvalue weighted by molar-refractivity contribution is -0.168. The van der Waals surface area contributed by atoms with Crippen LogP contribution in [0.15, 0.2) is 12.7 Å². The second-order valence-electron chi connectivity index (χ2n) is 9.67. The van der Waals surface area contributed by atoms with Crippen LogP contribution in [0.2, 0.25) is 0 Å². The number of likely N-dealkylation sites (N-methyl/N-ethyl adjacent to an activating group) is 1. The van der Waals surface area contributed by atoms with Crippen molar-refractivity contribution in [1.82, 2.24) is 25.0 Å². The Morgan fingerprint density at radius 3 is 2.61 bits per heavy atom. The van der Waals surface area contributed by atoms with Crippen LogP contribution in [-0.4, -0.2) is 56.7 Å². The van der Waals surface area contributed by atoms with Gasteiger partial charge in [-0.25, -0.2) is 9.67 Å². The summed E-state index contributed by atoms with van der Waals surface area (Å²) >= 11 is 0. The number of nitrogens with two attached hydrogens (primary N) is 1. The van der Waals surface area contributed by atoms with Gasteiger partial charge in [0.1, 0.15) is 18.7 Å². The molecule has 2 amide bonds. The molecule has 152 valence electrons. The lowest BCUT2D eigenvalue weighted by Crippen LogP contribution is -2.62. The third-order valence-electron chi connectivity index (χ3n) is 7.64. The molecule has 1 aromatic rings. The highest BCUT2D eigenvalue weighted by molar-refractivity contribution is 5.91. The Hall–Kier alpha value is -1.96. The number of nitrogens with one attached hydrogen (secondary N) is 1. The summed E-state index contributed by atoms with van der Waals surface area (Å²) in [5.41, 5.74) is 5.70. The van der Waals surface area contributed by atoms with E-state index in [-0.39, 0.29) is 28.8 Å². The average molecular weight is 387 g/mol. The van der Waals surface area contributed by atoms with Gasteiger partial charge in [0.15, 0.2) is 0 Å². The van der Waals surface area contributed by atoms with Crippen molar-refractivity contribution < 1.29 is 9.59 Å². The largest absolute Gasteiger partial charge is 0.355 e. The van der Waals surface area contributed by atoms with E-state index in [1.165, 1.54) is 6.42 Å². The normalized spacial score (nSPS) is 41.4. The van der Waals surface area contributed by atoms with Gasteiger partial charge in [-0.15, -0.1) is 0 Å². The Labute approximate surface area is 165 Å². The lowest BCUT2D eigenvalue weighted by Gasteiger charge is -2.61. The molecule has 0 aromatic carbocycles. The molecule has 3 N–H and O–H groups in total. The van der Waals surface area contributed by atoms with Crippen LogP contribution in [0.3, 0.4) is 0 Å². The minimum absolute atomic E-state index is 0.0699. The predicted molar refractivity (Wildman–Crippen MR) is 102 cm³/mol. The maximum absolute atomic E-state index is 13.9. The van der Waals surface area contributed by atoms with Crippen molar-refractivity contribution in [3.63, 3.8) is 0 Å². The number of carbonyl (C=O) groups is 2. The molecule has 4 aliphatic carbocycles. The third kappa shape index (κ3) is 2.60. The molecule has 0 spiro atoms. The molecule has 8 nitrogen and oxygen atoms in total. The quantitative estimate of drug-likeness (QED) is 0.790. The van der Waals surface area contributed by atoms with E-state index in [9.17, 15) is 9.59 Å². The van der Waals surface area contributed by atoms with Gasteiger partial charge in [-0.05, 0) is 63.7 Å². The number of aromatic nitrogens is 3. The number of nitrogens with zero attached hydrogens (tertiary/aromatic N) is 4. The summed E-state index contributed by atoms with van der Waals surface area (Å²) in [5, 5.41) is 7.36. The third-order valence-corrected chi connectivity index (χ3v) is 7.64. The van der Waals surface area contributed by atoms with Gasteiger partial charge in [-0.1, -0.05) is 0 Å². The molecule has 1 aromatic heterocycles. The van der Waals surface area contributed by atoms with Crippen molar-refractivity contribution in [2.75, 3.05) is 13.1 Å². The SMILES string of the molecule is CCNC(=O)[C@@H]1C[C@H](N)CN1C(=O)C12C[C@H]3C[C@@H](C1)CC(n1cncn1)(C3)C2. The van der Waals surface area contributed by atoms with Gasteiger partial charge in [0, 0.05) is 19.1 Å². The van der Waals surface area contributed by atoms with Gasteiger partial charge < -0.3 is 16.0 Å². The zero-order valence-electron chi connectivity index (χ0n) is 16.5. The van der Waals surface area contributed by atoms with Crippen LogP contribution in [0.4, 0.5) is 0 Å². The molecule has 4 saturated carbocycles. The maximum atomic E-state index is 13.9. The highest BCUT2D eigenvalue weighted by Gasteiger charge is 2.63. The number of amides is 2. The van der Waals surface area contributed by atoms with Gasteiger partial charge >= 0.3 is 0 Å². The highest BCUT2D eigenvalue weighted by Crippen LogP contribution is 2.64. The summed E-state index contributed by atoms with van der Waals surface area (Å²) in [6.45, 7) is 2.95. The van der Waals surface area contributed by atoms with Gasteiger partial charge in [0.2, 0.25) is 11.8 Å². The molecule has 2 unspecified atom stereocenters. The Balaban J connectivity index is 1.47. The number of hydrogen-bond acceptors (Lipinski definition) is 5. The molecular weight excluding hydrogens is 356 g/mol. The van der Waals surface area contributed by atoms with E-state index < -0.39 is 6.04 Å². The summed E-state index contributed by atoms with van der Waals surface area (Å²) in [7, 11) is 0. The van der Waals surface area contributed by atoms with Crippen molar-refractivity contribution in [2.24, 2.45) is 23.0 Å². The van der Waals surface area contributed by atoms with Crippen LogP contribution >= 0.6 is 0 Å². The molecule has 5 fully saturated rings. The smallest absolute Gasteiger partial charge is 0.242 e. The molecule has 8 heteroatoms. The molecule has 1 aliphatic heterocycles. The van der Waals surface area contributed by atoms with Gasteiger partial charge in [-0.2, -0.15) is 5.10 Å². The molecule has 28 heavy (non-hydrogen) atoms. The van der Waals surface area contributed by atoms with E-state index >= 15 is 0 Å². The van der Waals surface area contributed by atoms with Crippen molar-refractivity contribution in [3.05, 3.63) is 12.7 Å². The van der Waals surface area contributed by atoms with Crippen LogP contribution < -0.4 is 11.1 Å². The Kier molecular flexibility index (Phi) is 4.05. The van der Waals surface area contributed by atoms with Crippen molar-refractivity contribution in [1.29, 1.82) is 0 Å². The monoisotopic (exact) mass is 386 g/mol. The predicted octanol–water partition coefficient (Wildman–Crippen LogP) is 0.638. The molecule has 0 radical (unpaired) electrons. The van der Waals surface area contributed by atoms with Crippen LogP contribution in [-0.2, 0) is 15.1 Å². The fourth-order valence-corrected chi connectivity index (χ4v) is 7.12. The Morgan fingerprint density at radius 1 is 1.21 bits per heavy atom. The summed E-state index contributed by atoms with van der Waals surface area (Å²) < 4.78 is 2.02. The minimum atomic E-state index is -0.433. The zero-order chi connectivity index (χ0) is 19.5. The standard InChI is InChI=1S/C20H30N6O2/c1-2-23-17(27)16-4-15(21)9-25(16)18(28)19-5-13-3-14(6-19)8-20(7-13,10-19)26-12-22-11-24-26/h11-16H,2-10,21H2,1H3,(H,23,27)/t13-,14+,15-,16-,19?,20?/m0/s1. The van der Waals surface area contributed by atoms with Gasteiger partial charge in [0.05, 0.1) is 11.0 Å². The van der Waals surface area contributed by atoms with Gasteiger partial charge in [0.25, 0.3) is 0 Å². The van der Waals surface area contributed by atoms with Crippen LogP contribution in [0.5, 0.6) is 0 Å². The molecule has 4 bridgehead atoms. The van der Waals surface area contributed by atoms with E-state index in [0.29, 0.717) is 31.3 Å². The lowest BCUT2D eigenvalue weighted by atomic mass is 9.46. The molecule has 2 heterocycles. The number of likely N-dealkylation sites (tertiary alicyclic amines) is 1. The fourth-order valence-electron chi connectivity index (χ4n) is 7.12. The number of hydrogen-bond donors (Lipinski definition) is 2. The first kappa shape index (κ1) is 18.1. The van der Waals surface area contributed by atoms with Gasteiger partial charge in [-0.3, -0.25) is 9.59 Å². The fraction of sp³-hybridized carbons (Fsp3) is 0.800. The Bertz CT molecular complexity index is 764. The van der Waals surface area contributed by atoms with Crippen molar-refractivity contribution in [3.8, 4) is 0 Å². The summed E-state index contributed by atoms with van der Waals surface area (Å²) in [4.78, 5) is 32.5. The van der Waals surface area contributed by atoms with Crippen molar-refractivity contribution in [2.45, 2.75) is 69.5 Å². The van der Waals surface area contributed by atoms with Crippen LogP contribution in [0.1, 0.15) is 51.9 Å². The van der Waals surface area contributed by atoms with E-state index in [4.69, 9.17) is 5.73 Å². The number of rotatable bonds is 4. The molecule has 6 rings (SSSR count). The second kappa shape index (κ2) is 6.27. The van der Waals surface area contributed by atoms with E-state index in [0.717, 1.165) is 32.1 Å². The minimum Gasteiger partial charge on any atom is -0.355 e. The molecule has 1 saturated heterocycles. The summed E-state index contributed by atoms with van der Waals surface area (Å²) in [5.74, 6) is 1.18. The summed E-state index contributed by atoms with van der Waals surface area (Å²) in [6, 6.07) is -0.562. The van der Waals surface area contributed by atoms with Crippen LogP contribution in [0.25, 0.3) is 0 Å². The molecule has 6 atom stereocenters. The summed E-state index contributed by atoms with van der Waals surface area (Å²) in [6.07, 6.45) is 10.0. The highest BCUT2D eigenvalue weighted by atomic mass is 16.2. The zero-order valence-corrected chi connectivity index (χ0v) is 16.5. The van der Waals surface area contributed by atoms with E-state index in [2.05, 4.69) is 15.4 Å². The molecular formula is C20H30N6O2. The van der Waals surface area contributed by atoms with E-state index in [1.807, 2.05) is 17.9 Å². The first-order valence-electron chi connectivity index (χ1n) is 10.6. The van der Waals surface area contributed by atoms with E-state index in [1.54, 1.807) is 11.2 Å². The Morgan fingerprint density at radius 2 is 1.96 bits per heavy atom. The number of carbonyl (C=O) groups excluding carboxylic acids is 2. The first-order valence-corrected chi connectivity index (χ1v) is 10.6. The average Bonchev–Trinajstić information content (AvgIpc) is 3.30.